The Labute approximate surface area is 99.8 Å². The highest BCUT2D eigenvalue weighted by Gasteiger charge is 2.05. The number of hydrogen-bond donors (Lipinski definition) is 0. The fourth-order valence-electron chi connectivity index (χ4n) is 1.85. The zero-order valence-corrected chi connectivity index (χ0v) is 10.6. The summed E-state index contributed by atoms with van der Waals surface area (Å²) in [6.07, 6.45) is 4.49. The van der Waals surface area contributed by atoms with Crippen molar-refractivity contribution in [3.63, 3.8) is 0 Å². The van der Waals surface area contributed by atoms with E-state index in [0.29, 0.717) is 0 Å². The van der Waals surface area contributed by atoms with Gasteiger partial charge in [-0.05, 0) is 30.6 Å². The second-order valence-corrected chi connectivity index (χ2v) is 4.13. The molecule has 88 valence electrons. The Morgan fingerprint density at radius 1 is 1.25 bits per heavy atom. The molecule has 0 aromatic heterocycles. The first-order valence-electron chi connectivity index (χ1n) is 6.24. The third kappa shape index (κ3) is 3.82. The van der Waals surface area contributed by atoms with Crippen LogP contribution in [-0.2, 0) is 6.54 Å². The second-order valence-electron chi connectivity index (χ2n) is 4.13. The number of unbranched alkanes of at least 4 members (excludes halogenated alkanes) is 1. The van der Waals surface area contributed by atoms with Crippen LogP contribution >= 0.6 is 0 Å². The van der Waals surface area contributed by atoms with Crippen LogP contribution in [0, 0.1) is 0 Å². The van der Waals surface area contributed by atoms with Crippen LogP contribution in [0.4, 0.5) is 0 Å². The van der Waals surface area contributed by atoms with Crippen molar-refractivity contribution < 1.29 is 0 Å². The summed E-state index contributed by atoms with van der Waals surface area (Å²) < 4.78 is 0. The smallest absolute Gasteiger partial charge is 0.0239 e. The van der Waals surface area contributed by atoms with Gasteiger partial charge >= 0.3 is 0 Å². The maximum Gasteiger partial charge on any atom is 0.0239 e. The predicted octanol–water partition coefficient (Wildman–Crippen LogP) is 3.95. The van der Waals surface area contributed by atoms with Crippen molar-refractivity contribution in [2.45, 2.75) is 33.2 Å². The molecule has 1 rings (SSSR count). The third-order valence-electron chi connectivity index (χ3n) is 2.94. The summed E-state index contributed by atoms with van der Waals surface area (Å²) in [7, 11) is 0. The molecule has 16 heavy (non-hydrogen) atoms. The molecule has 0 atom stereocenters. The highest BCUT2D eigenvalue weighted by Crippen LogP contribution is 2.13. The monoisotopic (exact) mass is 217 g/mol. The van der Waals surface area contributed by atoms with Gasteiger partial charge in [-0.25, -0.2) is 0 Å². The fraction of sp³-hybridized carbons (Fsp3) is 0.467. The molecule has 0 aliphatic rings. The molecule has 0 saturated carbocycles. The van der Waals surface area contributed by atoms with Crippen molar-refractivity contribution in [3.8, 4) is 0 Å². The van der Waals surface area contributed by atoms with E-state index in [1.165, 1.54) is 30.5 Å². The van der Waals surface area contributed by atoms with E-state index >= 15 is 0 Å². The highest BCUT2D eigenvalue weighted by molar-refractivity contribution is 5.51. The first-order valence-corrected chi connectivity index (χ1v) is 6.24. The molecule has 0 unspecified atom stereocenters. The minimum atomic E-state index is 1.04. The summed E-state index contributed by atoms with van der Waals surface area (Å²) in [5.41, 5.74) is 2.65. The average Bonchev–Trinajstić information content (AvgIpc) is 2.34. The minimum absolute atomic E-state index is 1.04. The minimum Gasteiger partial charge on any atom is -0.299 e. The van der Waals surface area contributed by atoms with Gasteiger partial charge in [-0.2, -0.15) is 0 Å². The van der Waals surface area contributed by atoms with Gasteiger partial charge in [0.05, 0.1) is 0 Å². The van der Waals surface area contributed by atoms with Crippen molar-refractivity contribution >= 4 is 6.08 Å². The molecule has 1 aromatic carbocycles. The summed E-state index contributed by atoms with van der Waals surface area (Å²) in [4.78, 5) is 2.49. The van der Waals surface area contributed by atoms with Gasteiger partial charge in [0.1, 0.15) is 0 Å². The summed E-state index contributed by atoms with van der Waals surface area (Å²) in [6, 6.07) is 8.51. The standard InChI is InChI=1S/C15H23N/c1-4-7-12-16(6-3)13-15-11-9-8-10-14(15)5-2/h5,8-11H,2,4,6-7,12-13H2,1,3H3. The Morgan fingerprint density at radius 3 is 2.62 bits per heavy atom. The van der Waals surface area contributed by atoms with Crippen molar-refractivity contribution in [3.05, 3.63) is 42.0 Å². The van der Waals surface area contributed by atoms with E-state index in [4.69, 9.17) is 0 Å². The van der Waals surface area contributed by atoms with Gasteiger partial charge in [-0.15, -0.1) is 0 Å². The number of benzene rings is 1. The van der Waals surface area contributed by atoms with Crippen LogP contribution in [-0.4, -0.2) is 18.0 Å². The van der Waals surface area contributed by atoms with Crippen molar-refractivity contribution in [1.82, 2.24) is 4.90 Å². The van der Waals surface area contributed by atoms with Gasteiger partial charge in [0, 0.05) is 6.54 Å². The number of hydrogen-bond acceptors (Lipinski definition) is 1. The quantitative estimate of drug-likeness (QED) is 0.668. The molecular weight excluding hydrogens is 194 g/mol. The van der Waals surface area contributed by atoms with Crippen LogP contribution < -0.4 is 0 Å². The van der Waals surface area contributed by atoms with Crippen molar-refractivity contribution in [1.29, 1.82) is 0 Å². The normalized spacial score (nSPS) is 10.7. The van der Waals surface area contributed by atoms with Crippen molar-refractivity contribution in [2.75, 3.05) is 13.1 Å². The van der Waals surface area contributed by atoms with E-state index in [2.05, 4.69) is 49.6 Å². The Hall–Kier alpha value is -1.08. The van der Waals surface area contributed by atoms with Gasteiger partial charge in [0.25, 0.3) is 0 Å². The summed E-state index contributed by atoms with van der Waals surface area (Å²) >= 11 is 0. The molecule has 0 spiro atoms. The zero-order chi connectivity index (χ0) is 11.8. The lowest BCUT2D eigenvalue weighted by Crippen LogP contribution is -2.24. The molecule has 0 bridgehead atoms. The van der Waals surface area contributed by atoms with Crippen LogP contribution in [0.5, 0.6) is 0 Å². The van der Waals surface area contributed by atoms with Crippen LogP contribution in [0.2, 0.25) is 0 Å². The third-order valence-corrected chi connectivity index (χ3v) is 2.94. The zero-order valence-electron chi connectivity index (χ0n) is 10.6. The highest BCUT2D eigenvalue weighted by atomic mass is 15.1. The lowest BCUT2D eigenvalue weighted by molar-refractivity contribution is 0.275. The molecule has 1 heteroatoms. The van der Waals surface area contributed by atoms with Crippen LogP contribution in [0.15, 0.2) is 30.8 Å². The van der Waals surface area contributed by atoms with Crippen LogP contribution in [0.3, 0.4) is 0 Å². The van der Waals surface area contributed by atoms with Gasteiger partial charge in [0.2, 0.25) is 0 Å². The molecule has 0 aliphatic carbocycles. The summed E-state index contributed by atoms with van der Waals surface area (Å²) in [5.74, 6) is 0. The molecule has 0 fully saturated rings. The van der Waals surface area contributed by atoms with E-state index in [0.717, 1.165) is 13.1 Å². The first-order chi connectivity index (χ1) is 7.81. The Morgan fingerprint density at radius 2 is 2.00 bits per heavy atom. The van der Waals surface area contributed by atoms with Crippen LogP contribution in [0.1, 0.15) is 37.8 Å². The lowest BCUT2D eigenvalue weighted by Gasteiger charge is -2.21. The average molecular weight is 217 g/mol. The molecular formula is C15H23N. The molecule has 0 saturated heterocycles. The summed E-state index contributed by atoms with van der Waals surface area (Å²) in [6.45, 7) is 11.7. The number of rotatable bonds is 7. The van der Waals surface area contributed by atoms with Crippen molar-refractivity contribution in [2.24, 2.45) is 0 Å². The second kappa shape index (κ2) is 7.24. The van der Waals surface area contributed by atoms with Crippen LogP contribution in [0.25, 0.3) is 6.08 Å². The SMILES string of the molecule is C=Cc1ccccc1CN(CC)CCCC. The van der Waals surface area contributed by atoms with E-state index < -0.39 is 0 Å². The molecule has 0 aliphatic heterocycles. The molecule has 1 nitrogen and oxygen atoms in total. The van der Waals surface area contributed by atoms with E-state index in [9.17, 15) is 0 Å². The molecule has 0 amide bonds. The molecule has 1 aromatic rings. The molecule has 0 N–H and O–H groups in total. The number of nitrogens with zero attached hydrogens (tertiary/aromatic N) is 1. The fourth-order valence-corrected chi connectivity index (χ4v) is 1.85. The summed E-state index contributed by atoms with van der Waals surface area (Å²) in [5, 5.41) is 0. The van der Waals surface area contributed by atoms with E-state index in [-0.39, 0.29) is 0 Å². The topological polar surface area (TPSA) is 3.24 Å². The molecule has 0 heterocycles. The van der Waals surface area contributed by atoms with Gasteiger partial charge < -0.3 is 0 Å². The van der Waals surface area contributed by atoms with E-state index in [1.54, 1.807) is 0 Å². The van der Waals surface area contributed by atoms with Gasteiger partial charge in [-0.3, -0.25) is 4.90 Å². The molecule has 0 radical (unpaired) electrons. The lowest BCUT2D eigenvalue weighted by atomic mass is 10.1. The Bertz CT molecular complexity index is 317. The Balaban J connectivity index is 2.65. The van der Waals surface area contributed by atoms with E-state index in [1.807, 2.05) is 6.08 Å². The first kappa shape index (κ1) is 13.0. The Kier molecular flexibility index (Phi) is 5.87. The maximum atomic E-state index is 3.87. The predicted molar refractivity (Wildman–Crippen MR) is 72.4 cm³/mol. The largest absolute Gasteiger partial charge is 0.299 e. The van der Waals surface area contributed by atoms with Gasteiger partial charge in [0.15, 0.2) is 0 Å². The van der Waals surface area contributed by atoms with Gasteiger partial charge in [-0.1, -0.05) is 57.2 Å². The maximum absolute atomic E-state index is 3.87.